The number of aliphatic hydroxyl groups excluding tert-OH is 1. The molecule has 0 radical (unpaired) electrons. The van der Waals surface area contributed by atoms with E-state index in [4.69, 9.17) is 5.11 Å². The minimum absolute atomic E-state index is 0.0518. The molecule has 0 aromatic heterocycles. The van der Waals surface area contributed by atoms with E-state index in [1.54, 1.807) is 0 Å². The van der Waals surface area contributed by atoms with Crippen LogP contribution in [0.3, 0.4) is 0 Å². The molecule has 0 spiro atoms. The Morgan fingerprint density at radius 3 is 2.62 bits per heavy atom. The van der Waals surface area contributed by atoms with Crippen LogP contribution in [-0.2, 0) is 9.59 Å². The lowest BCUT2D eigenvalue weighted by Crippen LogP contribution is -2.59. The van der Waals surface area contributed by atoms with Crippen LogP contribution in [0.25, 0.3) is 0 Å². The maximum atomic E-state index is 12.6. The van der Waals surface area contributed by atoms with Gasteiger partial charge in [0.15, 0.2) is 5.78 Å². The average molecular weight is 289 g/mol. The van der Waals surface area contributed by atoms with Gasteiger partial charge in [0.1, 0.15) is 5.92 Å². The Kier molecular flexibility index (Phi) is 3.75. The number of nitrogens with zero attached hydrogens (tertiary/aromatic N) is 1. The van der Waals surface area contributed by atoms with Crippen LogP contribution in [0.1, 0.15) is 13.3 Å². The number of rotatable bonds is 3. The number of piperidine rings is 1. The van der Waals surface area contributed by atoms with Gasteiger partial charge in [-0.3, -0.25) is 14.9 Å². The number of nitrogens with one attached hydrogen (secondary N) is 2. The van der Waals surface area contributed by atoms with Gasteiger partial charge in [0, 0.05) is 18.6 Å². The summed E-state index contributed by atoms with van der Waals surface area (Å²) in [6.07, 6.45) is 0.00428. The van der Waals surface area contributed by atoms with Crippen LogP contribution in [0.4, 0.5) is 5.69 Å². The van der Waals surface area contributed by atoms with Crippen LogP contribution in [0.15, 0.2) is 30.3 Å². The van der Waals surface area contributed by atoms with Crippen LogP contribution < -0.4 is 15.8 Å². The van der Waals surface area contributed by atoms with E-state index in [2.05, 4.69) is 10.7 Å². The number of para-hydroxylation sites is 1. The summed E-state index contributed by atoms with van der Waals surface area (Å²) in [5.74, 6) is -1.37. The third-order valence-electron chi connectivity index (χ3n) is 4.26. The van der Waals surface area contributed by atoms with Crippen molar-refractivity contribution in [2.45, 2.75) is 25.6 Å². The Labute approximate surface area is 123 Å². The number of carbonyl (C=O) groups is 2. The first-order chi connectivity index (χ1) is 10.1. The molecule has 6 heteroatoms. The van der Waals surface area contributed by atoms with Gasteiger partial charge in [-0.1, -0.05) is 18.2 Å². The fourth-order valence-electron chi connectivity index (χ4n) is 3.16. The zero-order chi connectivity index (χ0) is 15.0. The fraction of sp³-hybridized carbons (Fsp3) is 0.467. The quantitative estimate of drug-likeness (QED) is 0.685. The van der Waals surface area contributed by atoms with Gasteiger partial charge < -0.3 is 5.11 Å². The molecular formula is C15H19N3O3. The lowest BCUT2D eigenvalue weighted by molar-refractivity contribution is -0.137. The van der Waals surface area contributed by atoms with Crippen molar-refractivity contribution in [3.8, 4) is 0 Å². The van der Waals surface area contributed by atoms with Gasteiger partial charge in [-0.05, 0) is 25.5 Å². The van der Waals surface area contributed by atoms with Crippen LogP contribution in [0.5, 0.6) is 0 Å². The molecule has 2 aliphatic rings. The molecule has 4 atom stereocenters. The molecule has 1 aromatic carbocycles. The number of fused-ring (bicyclic) bond motifs is 1. The first-order valence-electron chi connectivity index (χ1n) is 7.19. The molecule has 3 rings (SSSR count). The summed E-state index contributed by atoms with van der Waals surface area (Å²) in [5.41, 5.74) is 3.79. The summed E-state index contributed by atoms with van der Waals surface area (Å²) in [6, 6.07) is 9.14. The Hall–Kier alpha value is -1.76. The number of Topliss-reactive ketones (excluding diaryl/α,β-unsaturated/α-hetero) is 1. The molecule has 2 fully saturated rings. The molecule has 3 N–H and O–H groups in total. The van der Waals surface area contributed by atoms with E-state index < -0.39 is 5.92 Å². The smallest absolute Gasteiger partial charge is 0.255 e. The normalized spacial score (nSPS) is 32.4. The number of aliphatic hydroxyl groups is 1. The van der Waals surface area contributed by atoms with Gasteiger partial charge in [-0.15, -0.1) is 0 Å². The second kappa shape index (κ2) is 5.55. The van der Waals surface area contributed by atoms with E-state index in [-0.39, 0.29) is 36.4 Å². The predicted molar refractivity (Wildman–Crippen MR) is 77.1 cm³/mol. The summed E-state index contributed by atoms with van der Waals surface area (Å²) in [6.45, 7) is 1.86. The maximum Gasteiger partial charge on any atom is 0.255 e. The number of hydrogen-bond donors (Lipinski definition) is 3. The van der Waals surface area contributed by atoms with Crippen molar-refractivity contribution in [3.63, 3.8) is 0 Å². The highest BCUT2D eigenvalue weighted by atomic mass is 16.3. The van der Waals surface area contributed by atoms with Crippen molar-refractivity contribution in [3.05, 3.63) is 30.3 Å². The maximum absolute atomic E-state index is 12.6. The molecule has 0 bridgehead atoms. The molecule has 0 saturated carbocycles. The Morgan fingerprint density at radius 2 is 1.95 bits per heavy atom. The van der Waals surface area contributed by atoms with Crippen LogP contribution in [-0.4, -0.2) is 35.6 Å². The van der Waals surface area contributed by atoms with Crippen molar-refractivity contribution in [1.82, 2.24) is 10.7 Å². The average Bonchev–Trinajstić information content (AvgIpc) is 2.81. The first-order valence-corrected chi connectivity index (χ1v) is 7.19. The van der Waals surface area contributed by atoms with Crippen molar-refractivity contribution in [2.24, 2.45) is 11.8 Å². The largest absolute Gasteiger partial charge is 0.396 e. The van der Waals surface area contributed by atoms with Crippen molar-refractivity contribution >= 4 is 17.4 Å². The summed E-state index contributed by atoms with van der Waals surface area (Å²) in [5, 5.41) is 13.8. The second-order valence-electron chi connectivity index (χ2n) is 5.57. The van der Waals surface area contributed by atoms with Gasteiger partial charge in [0.05, 0.1) is 11.9 Å². The van der Waals surface area contributed by atoms with Gasteiger partial charge in [-0.25, -0.2) is 10.4 Å². The zero-order valence-corrected chi connectivity index (χ0v) is 11.8. The Morgan fingerprint density at radius 1 is 1.24 bits per heavy atom. The van der Waals surface area contributed by atoms with Crippen LogP contribution >= 0.6 is 0 Å². The number of carbonyl (C=O) groups excluding carboxylic acids is 2. The monoisotopic (exact) mass is 289 g/mol. The molecule has 4 unspecified atom stereocenters. The second-order valence-corrected chi connectivity index (χ2v) is 5.57. The molecule has 6 nitrogen and oxygen atoms in total. The predicted octanol–water partition coefficient (Wildman–Crippen LogP) is 0.0395. The summed E-state index contributed by atoms with van der Waals surface area (Å²) in [4.78, 5) is 25.1. The van der Waals surface area contributed by atoms with Crippen molar-refractivity contribution in [2.75, 3.05) is 11.6 Å². The fourth-order valence-corrected chi connectivity index (χ4v) is 3.16. The van der Waals surface area contributed by atoms with E-state index in [0.717, 1.165) is 5.69 Å². The summed E-state index contributed by atoms with van der Waals surface area (Å²) in [7, 11) is 0. The van der Waals surface area contributed by atoms with Gasteiger partial charge in [0.25, 0.3) is 5.91 Å². The third kappa shape index (κ3) is 2.35. The number of hydrazine groups is 1. The molecule has 112 valence electrons. The third-order valence-corrected chi connectivity index (χ3v) is 4.26. The molecule has 21 heavy (non-hydrogen) atoms. The zero-order valence-electron chi connectivity index (χ0n) is 11.8. The number of benzene rings is 1. The molecule has 2 heterocycles. The topological polar surface area (TPSA) is 81.7 Å². The minimum Gasteiger partial charge on any atom is -0.396 e. The van der Waals surface area contributed by atoms with Gasteiger partial charge in [-0.2, -0.15) is 0 Å². The van der Waals surface area contributed by atoms with Crippen molar-refractivity contribution < 1.29 is 14.7 Å². The van der Waals surface area contributed by atoms with Gasteiger partial charge >= 0.3 is 0 Å². The molecule has 2 aliphatic heterocycles. The van der Waals surface area contributed by atoms with E-state index in [0.29, 0.717) is 6.42 Å². The molecule has 1 amide bonds. The Balaban J connectivity index is 1.86. The highest BCUT2D eigenvalue weighted by molar-refractivity contribution is 6.11. The molecular weight excluding hydrogens is 270 g/mol. The van der Waals surface area contributed by atoms with Crippen LogP contribution in [0, 0.1) is 11.8 Å². The summed E-state index contributed by atoms with van der Waals surface area (Å²) >= 11 is 0. The number of hydrogen-bond acceptors (Lipinski definition) is 5. The SMILES string of the molecule is CC1NC2NN(c3ccccc3)C(=O)C2C(=O)C1CCO. The van der Waals surface area contributed by atoms with Gasteiger partial charge in [0.2, 0.25) is 0 Å². The Bertz CT molecular complexity index is 548. The minimum atomic E-state index is -0.724. The van der Waals surface area contributed by atoms with E-state index in [1.165, 1.54) is 5.01 Å². The highest BCUT2D eigenvalue weighted by Gasteiger charge is 2.51. The first kappa shape index (κ1) is 14.2. The number of amides is 1. The molecule has 0 aliphatic carbocycles. The lowest BCUT2D eigenvalue weighted by Gasteiger charge is -2.34. The van der Waals surface area contributed by atoms with Crippen molar-refractivity contribution in [1.29, 1.82) is 0 Å². The standard InChI is InChI=1S/C15H19N3O3/c1-9-11(7-8-19)13(20)12-14(16-9)17-18(15(12)21)10-5-3-2-4-6-10/h2-6,9,11-12,14,16-17,19H,7-8H2,1H3. The lowest BCUT2D eigenvalue weighted by atomic mass is 9.80. The highest BCUT2D eigenvalue weighted by Crippen LogP contribution is 2.30. The van der Waals surface area contributed by atoms with Crippen LogP contribution in [0.2, 0.25) is 0 Å². The number of ketones is 1. The number of anilines is 1. The molecule has 1 aromatic rings. The van der Waals surface area contributed by atoms with E-state index >= 15 is 0 Å². The summed E-state index contributed by atoms with van der Waals surface area (Å²) < 4.78 is 0. The van der Waals surface area contributed by atoms with E-state index in [1.807, 2.05) is 37.3 Å². The molecule has 2 saturated heterocycles. The van der Waals surface area contributed by atoms with E-state index in [9.17, 15) is 9.59 Å².